The first-order chi connectivity index (χ1) is 14.2. The van der Waals surface area contributed by atoms with Crippen LogP contribution in [0.2, 0.25) is 0 Å². The van der Waals surface area contributed by atoms with E-state index >= 15 is 0 Å². The van der Waals surface area contributed by atoms with E-state index in [9.17, 15) is 9.18 Å². The molecule has 7 heteroatoms. The molecule has 6 nitrogen and oxygen atoms in total. The van der Waals surface area contributed by atoms with Gasteiger partial charge < -0.3 is 15.1 Å². The van der Waals surface area contributed by atoms with Crippen LogP contribution >= 0.6 is 0 Å². The molecule has 1 N–H and O–H groups in total. The van der Waals surface area contributed by atoms with Gasteiger partial charge in [0.25, 0.3) is 0 Å². The first-order valence-corrected chi connectivity index (χ1v) is 10.9. The normalized spacial score (nSPS) is 18.9. The summed E-state index contributed by atoms with van der Waals surface area (Å²) in [6, 6.07) is 4.96. The number of piperidine rings is 2. The SMILES string of the molecule is O=C(NCCCN1CCCCC1)C1CCN(c2ncnc3c(F)cccc23)CC1. The smallest absolute Gasteiger partial charge is 0.223 e. The number of halogens is 1. The average molecular weight is 400 g/mol. The van der Waals surface area contributed by atoms with Gasteiger partial charge in [-0.05, 0) is 63.9 Å². The first-order valence-electron chi connectivity index (χ1n) is 10.9. The van der Waals surface area contributed by atoms with Gasteiger partial charge in [0.15, 0.2) is 0 Å². The van der Waals surface area contributed by atoms with E-state index in [0.29, 0.717) is 5.52 Å². The average Bonchev–Trinajstić information content (AvgIpc) is 2.77. The summed E-state index contributed by atoms with van der Waals surface area (Å²) in [5, 5.41) is 3.85. The second-order valence-electron chi connectivity index (χ2n) is 8.14. The molecule has 4 rings (SSSR count). The molecule has 0 spiro atoms. The Balaban J connectivity index is 1.25. The molecule has 0 unspecified atom stereocenters. The van der Waals surface area contributed by atoms with E-state index < -0.39 is 0 Å². The third-order valence-electron chi connectivity index (χ3n) is 6.16. The van der Waals surface area contributed by atoms with E-state index in [4.69, 9.17) is 0 Å². The molecule has 0 radical (unpaired) electrons. The number of fused-ring (bicyclic) bond motifs is 1. The number of hydrogen-bond donors (Lipinski definition) is 1. The molecule has 2 saturated heterocycles. The summed E-state index contributed by atoms with van der Waals surface area (Å²) in [5.41, 5.74) is 0.353. The number of nitrogens with zero attached hydrogens (tertiary/aromatic N) is 4. The van der Waals surface area contributed by atoms with Crippen molar-refractivity contribution in [1.82, 2.24) is 20.2 Å². The maximum absolute atomic E-state index is 14.0. The summed E-state index contributed by atoms with van der Waals surface area (Å²) >= 11 is 0. The highest BCUT2D eigenvalue weighted by Gasteiger charge is 2.26. The maximum Gasteiger partial charge on any atom is 0.223 e. The van der Waals surface area contributed by atoms with Crippen LogP contribution in [0.4, 0.5) is 10.2 Å². The van der Waals surface area contributed by atoms with Crippen LogP contribution in [0.15, 0.2) is 24.5 Å². The second kappa shape index (κ2) is 9.48. The zero-order chi connectivity index (χ0) is 20.1. The molecule has 29 heavy (non-hydrogen) atoms. The van der Waals surface area contributed by atoms with E-state index in [1.165, 1.54) is 44.7 Å². The van der Waals surface area contributed by atoms with E-state index in [1.54, 1.807) is 6.07 Å². The Kier molecular flexibility index (Phi) is 6.54. The molecule has 0 bridgehead atoms. The third kappa shape index (κ3) is 4.83. The molecule has 1 amide bonds. The van der Waals surface area contributed by atoms with Gasteiger partial charge in [0.2, 0.25) is 5.91 Å². The molecule has 156 valence electrons. The lowest BCUT2D eigenvalue weighted by Crippen LogP contribution is -2.41. The fraction of sp³-hybridized carbons (Fsp3) is 0.591. The lowest BCUT2D eigenvalue weighted by Gasteiger charge is -2.32. The number of carbonyl (C=O) groups is 1. The molecule has 1 aromatic heterocycles. The Morgan fingerprint density at radius 3 is 2.69 bits per heavy atom. The van der Waals surface area contributed by atoms with Crippen molar-refractivity contribution in [1.29, 1.82) is 0 Å². The van der Waals surface area contributed by atoms with Crippen molar-refractivity contribution in [3.05, 3.63) is 30.3 Å². The fourth-order valence-electron chi connectivity index (χ4n) is 4.48. The lowest BCUT2D eigenvalue weighted by molar-refractivity contribution is -0.125. The molecule has 2 aliphatic heterocycles. The Morgan fingerprint density at radius 1 is 1.10 bits per heavy atom. The van der Waals surface area contributed by atoms with Gasteiger partial charge in [-0.1, -0.05) is 12.5 Å². The Bertz CT molecular complexity index is 831. The molecule has 2 aromatic rings. The van der Waals surface area contributed by atoms with Crippen LogP contribution in [0, 0.1) is 11.7 Å². The summed E-state index contributed by atoms with van der Waals surface area (Å²) in [6.07, 6.45) is 7.98. The van der Waals surface area contributed by atoms with Gasteiger partial charge in [-0.3, -0.25) is 4.79 Å². The third-order valence-corrected chi connectivity index (χ3v) is 6.16. The van der Waals surface area contributed by atoms with Crippen LogP contribution in [-0.2, 0) is 4.79 Å². The second-order valence-corrected chi connectivity index (χ2v) is 8.14. The van der Waals surface area contributed by atoms with Crippen molar-refractivity contribution in [2.75, 3.05) is 44.2 Å². The van der Waals surface area contributed by atoms with Gasteiger partial charge in [0.05, 0.1) is 0 Å². The van der Waals surface area contributed by atoms with Crippen molar-refractivity contribution in [2.24, 2.45) is 5.92 Å². The summed E-state index contributed by atoms with van der Waals surface area (Å²) in [4.78, 5) is 25.6. The van der Waals surface area contributed by atoms with Gasteiger partial charge in [-0.15, -0.1) is 0 Å². The van der Waals surface area contributed by atoms with E-state index in [1.807, 2.05) is 6.07 Å². The van der Waals surface area contributed by atoms with E-state index in [-0.39, 0.29) is 17.6 Å². The summed E-state index contributed by atoms with van der Waals surface area (Å²) in [7, 11) is 0. The number of anilines is 1. The number of rotatable bonds is 6. The molecular weight excluding hydrogens is 369 g/mol. The van der Waals surface area contributed by atoms with Crippen LogP contribution in [0.3, 0.4) is 0 Å². The van der Waals surface area contributed by atoms with Crippen LogP contribution < -0.4 is 10.2 Å². The number of benzene rings is 1. The first kappa shape index (κ1) is 20.0. The minimum absolute atomic E-state index is 0.0473. The van der Waals surface area contributed by atoms with Gasteiger partial charge in [0.1, 0.15) is 23.5 Å². The number of para-hydroxylation sites is 1. The molecule has 1 aromatic carbocycles. The molecule has 2 fully saturated rings. The van der Waals surface area contributed by atoms with Crippen molar-refractivity contribution in [3.8, 4) is 0 Å². The minimum atomic E-state index is -0.329. The number of hydrogen-bond acceptors (Lipinski definition) is 5. The minimum Gasteiger partial charge on any atom is -0.356 e. The van der Waals surface area contributed by atoms with E-state index in [0.717, 1.165) is 56.6 Å². The monoisotopic (exact) mass is 399 g/mol. The number of carbonyl (C=O) groups excluding carboxylic acids is 1. The van der Waals surface area contributed by atoms with Crippen LogP contribution in [0.1, 0.15) is 38.5 Å². The quantitative estimate of drug-likeness (QED) is 0.757. The van der Waals surface area contributed by atoms with Crippen molar-refractivity contribution < 1.29 is 9.18 Å². The topological polar surface area (TPSA) is 61.4 Å². The summed E-state index contributed by atoms with van der Waals surface area (Å²) in [6.45, 7) is 5.73. The van der Waals surface area contributed by atoms with Gasteiger partial charge in [-0.2, -0.15) is 0 Å². The zero-order valence-corrected chi connectivity index (χ0v) is 16.9. The molecule has 2 aliphatic rings. The molecular formula is C22H30FN5O. The predicted molar refractivity (Wildman–Crippen MR) is 112 cm³/mol. The fourth-order valence-corrected chi connectivity index (χ4v) is 4.48. The van der Waals surface area contributed by atoms with Crippen molar-refractivity contribution in [2.45, 2.75) is 38.5 Å². The van der Waals surface area contributed by atoms with Crippen LogP contribution in [-0.4, -0.2) is 60.0 Å². The zero-order valence-electron chi connectivity index (χ0n) is 16.9. The highest BCUT2D eigenvalue weighted by molar-refractivity contribution is 5.89. The van der Waals surface area contributed by atoms with Crippen LogP contribution in [0.5, 0.6) is 0 Å². The number of amides is 1. The molecule has 0 saturated carbocycles. The molecule has 0 aliphatic carbocycles. The van der Waals surface area contributed by atoms with Gasteiger partial charge >= 0.3 is 0 Å². The number of aromatic nitrogens is 2. The Hall–Kier alpha value is -2.28. The number of likely N-dealkylation sites (tertiary alicyclic amines) is 1. The molecule has 3 heterocycles. The van der Waals surface area contributed by atoms with Crippen molar-refractivity contribution in [3.63, 3.8) is 0 Å². The lowest BCUT2D eigenvalue weighted by atomic mass is 9.95. The van der Waals surface area contributed by atoms with Crippen LogP contribution in [0.25, 0.3) is 10.9 Å². The number of nitrogens with one attached hydrogen (secondary N) is 1. The highest BCUT2D eigenvalue weighted by Crippen LogP contribution is 2.28. The van der Waals surface area contributed by atoms with Gasteiger partial charge in [-0.25, -0.2) is 14.4 Å². The molecule has 0 atom stereocenters. The Labute approximate surface area is 171 Å². The van der Waals surface area contributed by atoms with E-state index in [2.05, 4.69) is 25.1 Å². The summed E-state index contributed by atoms with van der Waals surface area (Å²) in [5.74, 6) is 0.646. The Morgan fingerprint density at radius 2 is 1.90 bits per heavy atom. The van der Waals surface area contributed by atoms with Crippen molar-refractivity contribution >= 4 is 22.6 Å². The predicted octanol–water partition coefficient (Wildman–Crippen LogP) is 2.98. The summed E-state index contributed by atoms with van der Waals surface area (Å²) < 4.78 is 14.0. The highest BCUT2D eigenvalue weighted by atomic mass is 19.1. The largest absolute Gasteiger partial charge is 0.356 e. The maximum atomic E-state index is 14.0. The standard InChI is InChI=1S/C22H30FN5O/c23-19-7-4-6-18-20(19)25-16-26-21(18)28-14-8-17(9-15-28)22(29)24-10-5-13-27-11-2-1-3-12-27/h4,6-7,16-17H,1-3,5,8-15H2,(H,24,29). The van der Waals surface area contributed by atoms with Gasteiger partial charge in [0, 0.05) is 30.9 Å².